The van der Waals surface area contributed by atoms with Crippen molar-refractivity contribution in [2.75, 3.05) is 13.7 Å². The molecule has 2 heteroatoms. The van der Waals surface area contributed by atoms with Gasteiger partial charge in [-0.15, -0.1) is 0 Å². The van der Waals surface area contributed by atoms with Crippen LogP contribution in [-0.4, -0.2) is 23.7 Å². The minimum absolute atomic E-state index is 0.114. The molecule has 2 nitrogen and oxygen atoms in total. The summed E-state index contributed by atoms with van der Waals surface area (Å²) in [7, 11) is 2.12. The molecule has 0 amide bonds. The van der Waals surface area contributed by atoms with Gasteiger partial charge in [-0.05, 0) is 24.2 Å². The molecule has 1 N–H and O–H groups in total. The number of benzene rings is 2. The quantitative estimate of drug-likeness (QED) is 0.850. The number of hydrogen-bond donors (Lipinski definition) is 1. The smallest absolute Gasteiger partial charge is 0.0540 e. The first-order valence-electron chi connectivity index (χ1n) is 7.19. The van der Waals surface area contributed by atoms with Crippen LogP contribution in [0.15, 0.2) is 54.6 Å². The van der Waals surface area contributed by atoms with Crippen molar-refractivity contribution in [2.45, 2.75) is 19.5 Å². The van der Waals surface area contributed by atoms with Gasteiger partial charge in [0.2, 0.25) is 0 Å². The summed E-state index contributed by atoms with van der Waals surface area (Å²) in [4.78, 5) is 2.28. The van der Waals surface area contributed by atoms with E-state index < -0.39 is 0 Å². The number of aliphatic hydroxyl groups excluding tert-OH is 1. The molecule has 0 aliphatic heterocycles. The third-order valence-corrected chi connectivity index (χ3v) is 3.21. The lowest BCUT2D eigenvalue weighted by atomic mass is 10.1. The zero-order valence-corrected chi connectivity index (χ0v) is 12.4. The molecule has 0 bridgehead atoms. The van der Waals surface area contributed by atoms with Gasteiger partial charge in [0.15, 0.2) is 0 Å². The van der Waals surface area contributed by atoms with Crippen LogP contribution in [0.4, 0.5) is 0 Å². The van der Waals surface area contributed by atoms with Crippen molar-refractivity contribution in [1.82, 2.24) is 4.90 Å². The monoisotopic (exact) mass is 279 g/mol. The summed E-state index contributed by atoms with van der Waals surface area (Å²) in [5.41, 5.74) is 3.58. The molecule has 21 heavy (non-hydrogen) atoms. The predicted octanol–water partition coefficient (Wildman–Crippen LogP) is 3.05. The second-order valence-corrected chi connectivity index (χ2v) is 5.09. The van der Waals surface area contributed by atoms with Gasteiger partial charge >= 0.3 is 0 Å². The molecule has 0 aromatic heterocycles. The first kappa shape index (κ1) is 15.3. The highest BCUT2D eigenvalue weighted by Gasteiger charge is 2.04. The van der Waals surface area contributed by atoms with Crippen molar-refractivity contribution >= 4 is 0 Å². The van der Waals surface area contributed by atoms with Crippen molar-refractivity contribution in [1.29, 1.82) is 0 Å². The Balaban J connectivity index is 2.04. The Bertz CT molecular complexity index is 610. The molecule has 2 aromatic rings. The lowest BCUT2D eigenvalue weighted by Crippen LogP contribution is -2.17. The van der Waals surface area contributed by atoms with E-state index >= 15 is 0 Å². The molecule has 0 aliphatic carbocycles. The third kappa shape index (κ3) is 5.07. The molecule has 0 fully saturated rings. The van der Waals surface area contributed by atoms with Crippen LogP contribution in [0.3, 0.4) is 0 Å². The molecule has 108 valence electrons. The Morgan fingerprint density at radius 1 is 0.952 bits per heavy atom. The Hall–Kier alpha value is -2.08. The molecule has 0 saturated heterocycles. The van der Waals surface area contributed by atoms with Crippen LogP contribution >= 0.6 is 0 Å². The maximum atomic E-state index is 8.81. The van der Waals surface area contributed by atoms with E-state index in [1.165, 1.54) is 11.1 Å². The van der Waals surface area contributed by atoms with Crippen LogP contribution in [0.25, 0.3) is 0 Å². The van der Waals surface area contributed by atoms with Crippen molar-refractivity contribution < 1.29 is 5.11 Å². The van der Waals surface area contributed by atoms with E-state index in [-0.39, 0.29) is 6.61 Å². The fraction of sp³-hybridized carbons (Fsp3) is 0.263. The van der Waals surface area contributed by atoms with Gasteiger partial charge in [0.05, 0.1) is 6.61 Å². The average Bonchev–Trinajstić information content (AvgIpc) is 2.50. The summed E-state index contributed by atoms with van der Waals surface area (Å²) in [6.45, 7) is 1.89. The third-order valence-electron chi connectivity index (χ3n) is 3.21. The minimum atomic E-state index is 0.114. The number of rotatable bonds is 5. The average molecular weight is 279 g/mol. The number of nitrogens with zero attached hydrogens (tertiary/aromatic N) is 1. The summed E-state index contributed by atoms with van der Waals surface area (Å²) in [5.74, 6) is 6.14. The Morgan fingerprint density at radius 3 is 2.43 bits per heavy atom. The summed E-state index contributed by atoms with van der Waals surface area (Å²) in [6, 6.07) is 18.7. The van der Waals surface area contributed by atoms with E-state index in [0.717, 1.165) is 18.7 Å². The maximum Gasteiger partial charge on any atom is 0.0540 e. The van der Waals surface area contributed by atoms with Gasteiger partial charge < -0.3 is 5.11 Å². The van der Waals surface area contributed by atoms with E-state index in [1.54, 1.807) is 0 Å². The first-order chi connectivity index (χ1) is 10.3. The highest BCUT2D eigenvalue weighted by atomic mass is 16.2. The van der Waals surface area contributed by atoms with Crippen molar-refractivity contribution in [3.05, 3.63) is 71.3 Å². The molecule has 0 saturated carbocycles. The van der Waals surface area contributed by atoms with E-state index in [4.69, 9.17) is 5.11 Å². The van der Waals surface area contributed by atoms with Crippen LogP contribution < -0.4 is 0 Å². The van der Waals surface area contributed by atoms with Crippen molar-refractivity contribution in [3.8, 4) is 11.8 Å². The van der Waals surface area contributed by atoms with Gasteiger partial charge in [-0.25, -0.2) is 0 Å². The summed E-state index contributed by atoms with van der Waals surface area (Å²) in [6.07, 6.45) is 0.522. The molecule has 0 heterocycles. The fourth-order valence-electron chi connectivity index (χ4n) is 2.24. The molecule has 2 aromatic carbocycles. The normalized spacial score (nSPS) is 10.2. The Kier molecular flexibility index (Phi) is 6.02. The lowest BCUT2D eigenvalue weighted by Gasteiger charge is -2.17. The van der Waals surface area contributed by atoms with Gasteiger partial charge in [0, 0.05) is 25.1 Å². The van der Waals surface area contributed by atoms with E-state index in [2.05, 4.69) is 54.1 Å². The number of aliphatic hydroxyl groups is 1. The Labute approximate surface area is 127 Å². The molecule has 0 spiro atoms. The van der Waals surface area contributed by atoms with Crippen molar-refractivity contribution in [3.63, 3.8) is 0 Å². The highest BCUT2D eigenvalue weighted by molar-refractivity contribution is 5.41. The molecule has 0 unspecified atom stereocenters. The van der Waals surface area contributed by atoms with E-state index in [9.17, 15) is 0 Å². The van der Waals surface area contributed by atoms with Crippen LogP contribution in [0.2, 0.25) is 0 Å². The second-order valence-electron chi connectivity index (χ2n) is 5.09. The van der Waals surface area contributed by atoms with E-state index in [1.807, 2.05) is 24.3 Å². The molecular weight excluding hydrogens is 258 g/mol. The van der Waals surface area contributed by atoms with Crippen LogP contribution in [-0.2, 0) is 13.1 Å². The van der Waals surface area contributed by atoms with Crippen molar-refractivity contribution in [2.24, 2.45) is 0 Å². The first-order valence-corrected chi connectivity index (χ1v) is 7.19. The zero-order chi connectivity index (χ0) is 14.9. The molecule has 0 aliphatic rings. The second kappa shape index (κ2) is 8.26. The molecular formula is C19H21NO. The highest BCUT2D eigenvalue weighted by Crippen LogP contribution is 2.12. The van der Waals surface area contributed by atoms with Gasteiger partial charge in [-0.2, -0.15) is 0 Å². The molecule has 0 radical (unpaired) electrons. The lowest BCUT2D eigenvalue weighted by molar-refractivity contribution is 0.305. The van der Waals surface area contributed by atoms with E-state index in [0.29, 0.717) is 6.42 Å². The van der Waals surface area contributed by atoms with Crippen LogP contribution in [0.5, 0.6) is 0 Å². The Morgan fingerprint density at radius 2 is 1.67 bits per heavy atom. The topological polar surface area (TPSA) is 23.5 Å². The predicted molar refractivity (Wildman–Crippen MR) is 86.6 cm³/mol. The number of hydrogen-bond acceptors (Lipinski definition) is 2. The van der Waals surface area contributed by atoms with Gasteiger partial charge in [0.25, 0.3) is 0 Å². The van der Waals surface area contributed by atoms with Gasteiger partial charge in [0.1, 0.15) is 0 Å². The van der Waals surface area contributed by atoms with Crippen LogP contribution in [0.1, 0.15) is 23.1 Å². The fourth-order valence-corrected chi connectivity index (χ4v) is 2.24. The largest absolute Gasteiger partial charge is 0.395 e. The minimum Gasteiger partial charge on any atom is -0.395 e. The summed E-state index contributed by atoms with van der Waals surface area (Å²) >= 11 is 0. The zero-order valence-electron chi connectivity index (χ0n) is 12.4. The summed E-state index contributed by atoms with van der Waals surface area (Å²) in [5, 5.41) is 8.81. The maximum absolute atomic E-state index is 8.81. The van der Waals surface area contributed by atoms with Gasteiger partial charge in [-0.3, -0.25) is 4.90 Å². The molecule has 2 rings (SSSR count). The van der Waals surface area contributed by atoms with Crippen LogP contribution in [0, 0.1) is 11.8 Å². The summed E-state index contributed by atoms with van der Waals surface area (Å²) < 4.78 is 0. The molecule has 0 atom stereocenters. The van der Waals surface area contributed by atoms with Gasteiger partial charge in [-0.1, -0.05) is 60.4 Å². The SMILES string of the molecule is CN(Cc1ccccc1)Cc1ccccc1C#CCCO. The standard InChI is InChI=1S/C19H21NO/c1-20(15-17-9-3-2-4-10-17)16-19-13-6-5-11-18(19)12-7-8-14-21/h2-6,9-11,13,21H,8,14-16H2,1H3.